The summed E-state index contributed by atoms with van der Waals surface area (Å²) in [5, 5.41) is 7.79. The highest BCUT2D eigenvalue weighted by Crippen LogP contribution is 2.16. The Hall–Kier alpha value is -3.59. The van der Waals surface area contributed by atoms with Crippen LogP contribution < -0.4 is 10.9 Å². The second kappa shape index (κ2) is 10.4. The van der Waals surface area contributed by atoms with Crippen LogP contribution in [0.2, 0.25) is 0 Å². The van der Waals surface area contributed by atoms with Gasteiger partial charge in [-0.15, -0.1) is 0 Å². The van der Waals surface area contributed by atoms with Gasteiger partial charge in [-0.3, -0.25) is 14.2 Å². The number of H-pyrrole nitrogens is 1. The molecule has 2 heterocycles. The van der Waals surface area contributed by atoms with Crippen molar-refractivity contribution < 1.29 is 4.79 Å². The molecule has 170 valence electrons. The van der Waals surface area contributed by atoms with E-state index in [9.17, 15) is 9.59 Å². The Bertz CT molecular complexity index is 1340. The molecule has 4 rings (SSSR count). The smallest absolute Gasteiger partial charge is 0.262 e. The largest absolute Gasteiger partial charge is 0.350 e. The number of carbonyl (C=O) groups is 1. The van der Waals surface area contributed by atoms with Gasteiger partial charge in [0.1, 0.15) is 12.7 Å². The van der Waals surface area contributed by atoms with E-state index in [0.717, 1.165) is 36.0 Å². The Morgan fingerprint density at radius 2 is 1.91 bits per heavy atom. The van der Waals surface area contributed by atoms with Gasteiger partial charge in [0.25, 0.3) is 5.56 Å². The first-order chi connectivity index (χ1) is 16.0. The molecule has 9 heteroatoms. The average molecular weight is 463 g/mol. The second-order valence-electron chi connectivity index (χ2n) is 7.96. The van der Waals surface area contributed by atoms with Gasteiger partial charge in [0.05, 0.1) is 22.6 Å². The van der Waals surface area contributed by atoms with Gasteiger partial charge in [-0.2, -0.15) is 5.10 Å². The van der Waals surface area contributed by atoms with E-state index in [-0.39, 0.29) is 17.5 Å². The summed E-state index contributed by atoms with van der Waals surface area (Å²) in [6.45, 7) is 2.51. The maximum Gasteiger partial charge on any atom is 0.262 e. The maximum absolute atomic E-state index is 12.7. The van der Waals surface area contributed by atoms with E-state index in [2.05, 4.69) is 20.4 Å². The molecule has 4 aromatic rings. The number of nitrogens with one attached hydrogen (secondary N) is 2. The molecule has 2 aromatic carbocycles. The number of hydrogen-bond donors (Lipinski definition) is 2. The molecule has 2 N–H and O–H groups in total. The van der Waals surface area contributed by atoms with Crippen LogP contribution in [-0.2, 0) is 11.3 Å². The summed E-state index contributed by atoms with van der Waals surface area (Å²) >= 11 is 5.35. The minimum Gasteiger partial charge on any atom is -0.350 e. The van der Waals surface area contributed by atoms with E-state index in [1.54, 1.807) is 21.6 Å². The SMILES string of the molecule is CC(NC(=O)CCCCCn1c(=S)[nH]c2ccccc2c1=O)c1ccc(-n2cncn2)cc1. The number of aromatic nitrogens is 5. The molecule has 1 unspecified atom stereocenters. The third-order valence-corrected chi connectivity index (χ3v) is 5.95. The fourth-order valence-corrected chi connectivity index (χ4v) is 4.07. The quantitative estimate of drug-likeness (QED) is 0.289. The highest BCUT2D eigenvalue weighted by Gasteiger charge is 2.10. The summed E-state index contributed by atoms with van der Waals surface area (Å²) in [5.41, 5.74) is 2.62. The first-order valence-electron chi connectivity index (χ1n) is 11.0. The summed E-state index contributed by atoms with van der Waals surface area (Å²) in [6, 6.07) is 15.1. The van der Waals surface area contributed by atoms with Crippen molar-refractivity contribution in [2.75, 3.05) is 0 Å². The number of fused-ring (bicyclic) bond motifs is 1. The number of nitrogens with zero attached hydrogens (tertiary/aromatic N) is 4. The van der Waals surface area contributed by atoms with Gasteiger partial charge in [-0.1, -0.05) is 30.7 Å². The zero-order valence-corrected chi connectivity index (χ0v) is 19.2. The Labute approximate surface area is 196 Å². The van der Waals surface area contributed by atoms with Crippen LogP contribution in [0.15, 0.2) is 66.0 Å². The topological polar surface area (TPSA) is 97.6 Å². The van der Waals surface area contributed by atoms with E-state index in [1.807, 2.05) is 49.4 Å². The second-order valence-corrected chi connectivity index (χ2v) is 8.35. The molecule has 0 saturated carbocycles. The van der Waals surface area contributed by atoms with Crippen LogP contribution in [0.3, 0.4) is 0 Å². The van der Waals surface area contributed by atoms with Crippen molar-refractivity contribution in [3.05, 3.63) is 81.9 Å². The van der Waals surface area contributed by atoms with Gasteiger partial charge in [0, 0.05) is 13.0 Å². The number of para-hydroxylation sites is 1. The molecule has 0 radical (unpaired) electrons. The van der Waals surface area contributed by atoms with Gasteiger partial charge in [-0.05, 0) is 61.8 Å². The van der Waals surface area contributed by atoms with E-state index in [1.165, 1.54) is 6.33 Å². The third kappa shape index (κ3) is 5.43. The van der Waals surface area contributed by atoms with E-state index in [4.69, 9.17) is 12.2 Å². The van der Waals surface area contributed by atoms with Crippen LogP contribution in [0, 0.1) is 4.77 Å². The number of aromatic amines is 1. The molecule has 0 aliphatic carbocycles. The molecule has 0 saturated heterocycles. The fourth-order valence-electron chi connectivity index (χ4n) is 3.79. The highest BCUT2D eigenvalue weighted by molar-refractivity contribution is 7.71. The molecule has 8 nitrogen and oxygen atoms in total. The lowest BCUT2D eigenvalue weighted by atomic mass is 10.1. The molecular formula is C24H26N6O2S. The third-order valence-electron chi connectivity index (χ3n) is 5.63. The van der Waals surface area contributed by atoms with Gasteiger partial charge in [0.2, 0.25) is 5.91 Å². The molecule has 1 amide bonds. The van der Waals surface area contributed by atoms with Crippen molar-refractivity contribution in [1.29, 1.82) is 0 Å². The number of amides is 1. The van der Waals surface area contributed by atoms with Crippen molar-refractivity contribution in [2.45, 2.75) is 45.2 Å². The lowest BCUT2D eigenvalue weighted by Crippen LogP contribution is -2.26. The van der Waals surface area contributed by atoms with Crippen molar-refractivity contribution in [3.8, 4) is 5.69 Å². The minimum atomic E-state index is -0.0863. The molecule has 0 fully saturated rings. The van der Waals surface area contributed by atoms with Crippen molar-refractivity contribution in [1.82, 2.24) is 29.6 Å². The first kappa shape index (κ1) is 22.6. The van der Waals surface area contributed by atoms with Gasteiger partial charge in [0.15, 0.2) is 4.77 Å². The maximum atomic E-state index is 12.7. The predicted molar refractivity (Wildman–Crippen MR) is 130 cm³/mol. The Kier molecular flexibility index (Phi) is 7.09. The van der Waals surface area contributed by atoms with Crippen molar-refractivity contribution in [3.63, 3.8) is 0 Å². The van der Waals surface area contributed by atoms with Crippen molar-refractivity contribution >= 4 is 29.0 Å². The van der Waals surface area contributed by atoms with E-state index in [0.29, 0.717) is 23.1 Å². The summed E-state index contributed by atoms with van der Waals surface area (Å²) in [7, 11) is 0. The zero-order chi connectivity index (χ0) is 23.2. The molecule has 0 spiro atoms. The average Bonchev–Trinajstić information content (AvgIpc) is 3.36. The van der Waals surface area contributed by atoms with E-state index < -0.39 is 0 Å². The molecule has 33 heavy (non-hydrogen) atoms. The van der Waals surface area contributed by atoms with Crippen LogP contribution in [0.1, 0.15) is 44.2 Å². The summed E-state index contributed by atoms with van der Waals surface area (Å²) in [4.78, 5) is 32.1. The van der Waals surface area contributed by atoms with Crippen LogP contribution in [0.4, 0.5) is 0 Å². The predicted octanol–water partition coefficient (Wildman–Crippen LogP) is 4.08. The van der Waals surface area contributed by atoms with Crippen LogP contribution >= 0.6 is 12.2 Å². The molecular weight excluding hydrogens is 436 g/mol. The van der Waals surface area contributed by atoms with E-state index >= 15 is 0 Å². The molecule has 2 aromatic heterocycles. The Morgan fingerprint density at radius 1 is 1.12 bits per heavy atom. The Morgan fingerprint density at radius 3 is 2.67 bits per heavy atom. The number of unbranched alkanes of at least 4 members (excludes halogenated alkanes) is 2. The number of hydrogen-bond acceptors (Lipinski definition) is 5. The first-order valence-corrected chi connectivity index (χ1v) is 11.4. The number of carbonyl (C=O) groups excluding carboxylic acids is 1. The Balaban J connectivity index is 1.23. The number of benzene rings is 2. The molecule has 0 bridgehead atoms. The fraction of sp³-hybridized carbons (Fsp3) is 0.292. The van der Waals surface area contributed by atoms with Crippen LogP contribution in [0.25, 0.3) is 16.6 Å². The van der Waals surface area contributed by atoms with Gasteiger partial charge < -0.3 is 10.3 Å². The molecule has 1 atom stereocenters. The molecule has 0 aliphatic rings. The minimum absolute atomic E-state index is 0.0167. The van der Waals surface area contributed by atoms with Crippen LogP contribution in [0.5, 0.6) is 0 Å². The normalized spacial score (nSPS) is 12.0. The summed E-state index contributed by atoms with van der Waals surface area (Å²) in [6.07, 6.45) is 5.95. The summed E-state index contributed by atoms with van der Waals surface area (Å²) < 4.78 is 3.72. The monoisotopic (exact) mass is 462 g/mol. The van der Waals surface area contributed by atoms with Crippen molar-refractivity contribution in [2.24, 2.45) is 0 Å². The zero-order valence-electron chi connectivity index (χ0n) is 18.4. The van der Waals surface area contributed by atoms with Gasteiger partial charge in [-0.25, -0.2) is 9.67 Å². The summed E-state index contributed by atoms with van der Waals surface area (Å²) in [5.74, 6) is 0.0167. The lowest BCUT2D eigenvalue weighted by Gasteiger charge is -2.15. The number of rotatable bonds is 9. The molecule has 0 aliphatic heterocycles. The standard InChI is InChI=1S/C24H26N6O2S/c1-17(18-10-12-19(13-11-18)30-16-25-15-26-30)27-22(31)9-3-2-6-14-29-23(32)20-7-4-5-8-21(20)28-24(29)33/h4-5,7-8,10-13,15-17H,2-3,6,9,14H2,1H3,(H,27,31)(H,28,33). The van der Waals surface area contributed by atoms with Crippen LogP contribution in [-0.4, -0.2) is 30.2 Å². The lowest BCUT2D eigenvalue weighted by molar-refractivity contribution is -0.121. The van der Waals surface area contributed by atoms with Gasteiger partial charge >= 0.3 is 0 Å². The highest BCUT2D eigenvalue weighted by atomic mass is 32.1.